The summed E-state index contributed by atoms with van der Waals surface area (Å²) in [5.74, 6) is 0.169. The summed E-state index contributed by atoms with van der Waals surface area (Å²) in [6.07, 6.45) is 2.24. The van der Waals surface area contributed by atoms with Gasteiger partial charge < -0.3 is 5.11 Å². The van der Waals surface area contributed by atoms with Crippen LogP contribution in [-0.2, 0) is 25.8 Å². The average molecular weight is 265 g/mol. The molecular formula is C13H15NO5. The van der Waals surface area contributed by atoms with Crippen molar-refractivity contribution in [1.82, 2.24) is 4.98 Å². The molecule has 0 aliphatic heterocycles. The topological polar surface area (TPSA) is 85.7 Å². The summed E-state index contributed by atoms with van der Waals surface area (Å²) in [6, 6.07) is 3.52. The van der Waals surface area contributed by atoms with Crippen LogP contribution in [0.1, 0.15) is 19.4 Å². The molecule has 0 spiro atoms. The SMILES string of the molecule is CC(O)OOC(=O)C(C)C(=C=O)Cc1cccnc1. The summed E-state index contributed by atoms with van der Waals surface area (Å²) < 4.78 is 0. The molecule has 6 nitrogen and oxygen atoms in total. The third kappa shape index (κ3) is 5.01. The molecule has 6 heteroatoms. The van der Waals surface area contributed by atoms with E-state index in [0.29, 0.717) is 0 Å². The predicted octanol–water partition coefficient (Wildman–Crippen LogP) is 0.831. The first-order valence-corrected chi connectivity index (χ1v) is 5.72. The predicted molar refractivity (Wildman–Crippen MR) is 65.2 cm³/mol. The van der Waals surface area contributed by atoms with E-state index < -0.39 is 18.2 Å². The molecule has 2 unspecified atom stereocenters. The van der Waals surface area contributed by atoms with Crippen LogP contribution < -0.4 is 0 Å². The lowest BCUT2D eigenvalue weighted by Crippen LogP contribution is -2.21. The van der Waals surface area contributed by atoms with E-state index in [1.807, 2.05) is 0 Å². The maximum atomic E-state index is 11.6. The normalized spacial score (nSPS) is 13.2. The highest BCUT2D eigenvalue weighted by Crippen LogP contribution is 2.15. The van der Waals surface area contributed by atoms with Crippen molar-refractivity contribution in [2.24, 2.45) is 5.92 Å². The van der Waals surface area contributed by atoms with E-state index in [2.05, 4.69) is 14.8 Å². The van der Waals surface area contributed by atoms with Gasteiger partial charge in [0.2, 0.25) is 0 Å². The highest BCUT2D eigenvalue weighted by atomic mass is 17.2. The summed E-state index contributed by atoms with van der Waals surface area (Å²) in [6.45, 7) is 2.80. The lowest BCUT2D eigenvalue weighted by molar-refractivity contribution is -0.338. The van der Waals surface area contributed by atoms with Gasteiger partial charge in [0.05, 0.1) is 5.92 Å². The Morgan fingerprint density at radius 3 is 2.79 bits per heavy atom. The quantitative estimate of drug-likeness (QED) is 0.355. The van der Waals surface area contributed by atoms with Gasteiger partial charge in [-0.2, -0.15) is 4.89 Å². The molecule has 1 rings (SSSR count). The van der Waals surface area contributed by atoms with E-state index >= 15 is 0 Å². The molecule has 0 aliphatic carbocycles. The minimum Gasteiger partial charge on any atom is -0.365 e. The molecule has 0 bridgehead atoms. The minimum absolute atomic E-state index is 0.229. The van der Waals surface area contributed by atoms with Crippen LogP contribution in [0.15, 0.2) is 30.1 Å². The molecular weight excluding hydrogens is 250 g/mol. The monoisotopic (exact) mass is 265 g/mol. The van der Waals surface area contributed by atoms with Crippen LogP contribution in [0.3, 0.4) is 0 Å². The van der Waals surface area contributed by atoms with Crippen LogP contribution in [0.5, 0.6) is 0 Å². The fraction of sp³-hybridized carbons (Fsp3) is 0.385. The Labute approximate surface area is 110 Å². The lowest BCUT2D eigenvalue weighted by atomic mass is 9.97. The largest absolute Gasteiger partial charge is 0.365 e. The summed E-state index contributed by atoms with van der Waals surface area (Å²) >= 11 is 0. The fourth-order valence-corrected chi connectivity index (χ4v) is 1.33. The van der Waals surface area contributed by atoms with Gasteiger partial charge in [-0.25, -0.2) is 9.59 Å². The highest BCUT2D eigenvalue weighted by Gasteiger charge is 2.22. The molecule has 0 radical (unpaired) electrons. The maximum absolute atomic E-state index is 11.6. The smallest absolute Gasteiger partial charge is 0.350 e. The van der Waals surface area contributed by atoms with Crippen molar-refractivity contribution >= 4 is 11.9 Å². The van der Waals surface area contributed by atoms with Gasteiger partial charge in [-0.3, -0.25) is 9.87 Å². The highest BCUT2D eigenvalue weighted by molar-refractivity contribution is 5.78. The average Bonchev–Trinajstić information content (AvgIpc) is 2.42. The Morgan fingerprint density at radius 1 is 1.53 bits per heavy atom. The second kappa shape index (κ2) is 7.43. The maximum Gasteiger partial charge on any atom is 0.350 e. The number of aromatic nitrogens is 1. The van der Waals surface area contributed by atoms with E-state index in [1.54, 1.807) is 30.5 Å². The van der Waals surface area contributed by atoms with Gasteiger partial charge in [0, 0.05) is 24.4 Å². The van der Waals surface area contributed by atoms with Crippen LogP contribution in [0.2, 0.25) is 0 Å². The molecule has 0 aliphatic rings. The number of aliphatic hydroxyl groups is 1. The van der Waals surface area contributed by atoms with E-state index in [4.69, 9.17) is 5.11 Å². The Morgan fingerprint density at radius 2 is 2.26 bits per heavy atom. The van der Waals surface area contributed by atoms with Crippen LogP contribution in [-0.4, -0.2) is 28.3 Å². The zero-order valence-corrected chi connectivity index (χ0v) is 10.7. The summed E-state index contributed by atoms with van der Waals surface area (Å²) in [5.41, 5.74) is 1.02. The minimum atomic E-state index is -1.22. The van der Waals surface area contributed by atoms with E-state index in [9.17, 15) is 9.59 Å². The van der Waals surface area contributed by atoms with Crippen molar-refractivity contribution in [2.75, 3.05) is 0 Å². The van der Waals surface area contributed by atoms with Crippen LogP contribution in [0, 0.1) is 5.92 Å². The molecule has 1 N–H and O–H groups in total. The van der Waals surface area contributed by atoms with Crippen molar-refractivity contribution in [3.63, 3.8) is 0 Å². The Kier molecular flexibility index (Phi) is 5.89. The van der Waals surface area contributed by atoms with Gasteiger partial charge in [0.15, 0.2) is 6.29 Å². The molecule has 0 fully saturated rings. The van der Waals surface area contributed by atoms with Gasteiger partial charge in [-0.1, -0.05) is 6.07 Å². The molecule has 19 heavy (non-hydrogen) atoms. The number of aliphatic hydroxyl groups excluding tert-OH is 1. The second-order valence-corrected chi connectivity index (χ2v) is 3.98. The Balaban J connectivity index is 2.65. The summed E-state index contributed by atoms with van der Waals surface area (Å²) in [7, 11) is 0. The number of carbonyl (C=O) groups excluding carboxylic acids is 2. The number of pyridine rings is 1. The van der Waals surface area contributed by atoms with Gasteiger partial charge in [-0.05, 0) is 25.5 Å². The van der Waals surface area contributed by atoms with Crippen molar-refractivity contribution in [3.8, 4) is 0 Å². The van der Waals surface area contributed by atoms with Crippen molar-refractivity contribution in [1.29, 1.82) is 0 Å². The standard InChI is InChI=1S/C13H15NO5/c1-9(13(17)19-18-10(2)16)12(8-15)6-11-4-3-5-14-7-11/h3-5,7,9-10,16H,6H2,1-2H3. The molecule has 1 heterocycles. The second-order valence-electron chi connectivity index (χ2n) is 3.98. The first-order valence-electron chi connectivity index (χ1n) is 5.72. The molecule has 102 valence electrons. The van der Waals surface area contributed by atoms with E-state index in [0.717, 1.165) is 5.56 Å². The van der Waals surface area contributed by atoms with Crippen molar-refractivity contribution in [2.45, 2.75) is 26.6 Å². The van der Waals surface area contributed by atoms with Gasteiger partial charge in [-0.15, -0.1) is 0 Å². The number of rotatable bonds is 6. The number of hydrogen-bond acceptors (Lipinski definition) is 6. The number of hydrogen-bond donors (Lipinski definition) is 1. The molecule has 1 aromatic rings. The zero-order chi connectivity index (χ0) is 14.3. The Bertz CT molecular complexity index is 465. The van der Waals surface area contributed by atoms with Gasteiger partial charge in [0.1, 0.15) is 5.94 Å². The Hall–Kier alpha value is -2.01. The van der Waals surface area contributed by atoms with E-state index in [1.165, 1.54) is 13.8 Å². The number of carbonyl (C=O) groups is 1. The van der Waals surface area contributed by atoms with E-state index in [-0.39, 0.29) is 12.0 Å². The van der Waals surface area contributed by atoms with Crippen molar-refractivity contribution in [3.05, 3.63) is 35.7 Å². The molecule has 0 amide bonds. The van der Waals surface area contributed by atoms with Crippen LogP contribution in [0.4, 0.5) is 0 Å². The van der Waals surface area contributed by atoms with Crippen LogP contribution in [0.25, 0.3) is 0 Å². The first-order chi connectivity index (χ1) is 9.04. The molecule has 0 aromatic carbocycles. The molecule has 0 saturated heterocycles. The van der Waals surface area contributed by atoms with Crippen LogP contribution >= 0.6 is 0 Å². The molecule has 0 saturated carbocycles. The fourth-order valence-electron chi connectivity index (χ4n) is 1.33. The molecule has 1 aromatic heterocycles. The third-order valence-electron chi connectivity index (χ3n) is 2.39. The summed E-state index contributed by atoms with van der Waals surface area (Å²) in [5, 5.41) is 8.82. The lowest BCUT2D eigenvalue weighted by Gasteiger charge is -2.12. The number of nitrogens with zero attached hydrogens (tertiary/aromatic N) is 1. The van der Waals surface area contributed by atoms with Crippen molar-refractivity contribution < 1.29 is 24.5 Å². The third-order valence-corrected chi connectivity index (χ3v) is 2.39. The zero-order valence-electron chi connectivity index (χ0n) is 10.7. The van der Waals surface area contributed by atoms with Gasteiger partial charge in [0.25, 0.3) is 0 Å². The first kappa shape index (κ1) is 15.0. The summed E-state index contributed by atoms with van der Waals surface area (Å²) in [4.78, 5) is 35.1. The van der Waals surface area contributed by atoms with Gasteiger partial charge >= 0.3 is 5.97 Å². The molecule has 2 atom stereocenters.